The molecule has 1 fully saturated rings. The third-order valence-corrected chi connectivity index (χ3v) is 4.96. The van der Waals surface area contributed by atoms with Gasteiger partial charge in [-0.1, -0.05) is 25.1 Å². The van der Waals surface area contributed by atoms with Crippen LogP contribution in [0.15, 0.2) is 35.2 Å². The quantitative estimate of drug-likeness (QED) is 0.886. The van der Waals surface area contributed by atoms with Gasteiger partial charge in [-0.25, -0.2) is 0 Å². The van der Waals surface area contributed by atoms with Crippen molar-refractivity contribution in [2.24, 2.45) is 0 Å². The molecule has 1 saturated heterocycles. The zero-order chi connectivity index (χ0) is 12.8. The van der Waals surface area contributed by atoms with Crippen LogP contribution in [0.1, 0.15) is 19.8 Å². The van der Waals surface area contributed by atoms with Crippen LogP contribution in [0, 0.1) is 0 Å². The Morgan fingerprint density at radius 1 is 1.39 bits per heavy atom. The molecule has 1 aliphatic rings. The summed E-state index contributed by atoms with van der Waals surface area (Å²) in [6, 6.07) is 9.99. The number of hydrogen-bond donors (Lipinski definition) is 1. The fourth-order valence-electron chi connectivity index (χ4n) is 2.22. The summed E-state index contributed by atoms with van der Waals surface area (Å²) in [6.07, 6.45) is 2.05. The monoisotopic (exact) mass is 267 g/mol. The van der Waals surface area contributed by atoms with Crippen LogP contribution in [-0.2, 0) is 15.5 Å². The Morgan fingerprint density at radius 2 is 2.17 bits per heavy atom. The predicted octanol–water partition coefficient (Wildman–Crippen LogP) is 1.95. The minimum absolute atomic E-state index is 0.0627. The first-order valence-corrected chi connectivity index (χ1v) is 7.81. The Hall–Kier alpha value is -0.710. The average molecular weight is 267 g/mol. The van der Waals surface area contributed by atoms with Crippen molar-refractivity contribution in [3.05, 3.63) is 30.3 Å². The lowest BCUT2D eigenvalue weighted by Crippen LogP contribution is -2.48. The zero-order valence-electron chi connectivity index (χ0n) is 10.8. The van der Waals surface area contributed by atoms with Gasteiger partial charge in [0.15, 0.2) is 0 Å². The van der Waals surface area contributed by atoms with E-state index in [-0.39, 0.29) is 5.25 Å². The molecule has 0 aromatic heterocycles. The van der Waals surface area contributed by atoms with E-state index < -0.39 is 10.8 Å². The fraction of sp³-hybridized carbons (Fsp3) is 0.571. The molecule has 1 aromatic carbocycles. The normalized spacial score (nSPS) is 25.8. The van der Waals surface area contributed by atoms with Gasteiger partial charge < -0.3 is 10.1 Å². The second-order valence-corrected chi connectivity index (χ2v) is 6.24. The molecule has 1 aromatic rings. The third-order valence-electron chi connectivity index (χ3n) is 3.21. The van der Waals surface area contributed by atoms with E-state index in [0.29, 0.717) is 12.6 Å². The van der Waals surface area contributed by atoms with Crippen LogP contribution in [0.25, 0.3) is 0 Å². The Bertz CT molecular complexity index is 383. The van der Waals surface area contributed by atoms with Gasteiger partial charge in [0, 0.05) is 17.5 Å². The molecule has 3 atom stereocenters. The molecule has 1 heterocycles. The van der Waals surface area contributed by atoms with Crippen LogP contribution in [0.4, 0.5) is 0 Å². The van der Waals surface area contributed by atoms with Gasteiger partial charge in [-0.15, -0.1) is 0 Å². The molecule has 4 heteroatoms. The van der Waals surface area contributed by atoms with Crippen molar-refractivity contribution in [3.8, 4) is 0 Å². The van der Waals surface area contributed by atoms with Crippen molar-refractivity contribution in [3.63, 3.8) is 0 Å². The van der Waals surface area contributed by atoms with E-state index in [1.807, 2.05) is 30.3 Å². The van der Waals surface area contributed by atoms with Gasteiger partial charge >= 0.3 is 0 Å². The lowest BCUT2D eigenvalue weighted by molar-refractivity contribution is 0.0820. The van der Waals surface area contributed by atoms with Crippen molar-refractivity contribution in [2.45, 2.75) is 36.0 Å². The molecule has 1 aliphatic heterocycles. The van der Waals surface area contributed by atoms with Crippen molar-refractivity contribution in [1.82, 2.24) is 5.32 Å². The summed E-state index contributed by atoms with van der Waals surface area (Å²) in [6.45, 7) is 4.48. The maximum Gasteiger partial charge on any atom is 0.0782 e. The number of hydrogen-bond acceptors (Lipinski definition) is 3. The maximum atomic E-state index is 12.6. The largest absolute Gasteiger partial charge is 0.380 e. The van der Waals surface area contributed by atoms with E-state index in [1.54, 1.807) is 0 Å². The van der Waals surface area contributed by atoms with Crippen LogP contribution in [0.5, 0.6) is 0 Å². The molecule has 0 radical (unpaired) electrons. The van der Waals surface area contributed by atoms with E-state index in [9.17, 15) is 4.21 Å². The van der Waals surface area contributed by atoms with Crippen LogP contribution >= 0.6 is 0 Å². The molecular weight excluding hydrogens is 246 g/mol. The molecular formula is C14H21NO2S. The molecule has 0 bridgehead atoms. The summed E-state index contributed by atoms with van der Waals surface area (Å²) in [7, 11) is -0.991. The molecule has 0 spiro atoms. The van der Waals surface area contributed by atoms with Crippen LogP contribution in [0.3, 0.4) is 0 Å². The van der Waals surface area contributed by atoms with Gasteiger partial charge in [0.2, 0.25) is 0 Å². The smallest absolute Gasteiger partial charge is 0.0782 e. The highest BCUT2D eigenvalue weighted by Crippen LogP contribution is 2.19. The lowest BCUT2D eigenvalue weighted by Gasteiger charge is -2.31. The first-order chi connectivity index (χ1) is 8.83. The second kappa shape index (κ2) is 7.02. The van der Waals surface area contributed by atoms with E-state index in [2.05, 4.69) is 12.2 Å². The molecule has 3 nitrogen and oxygen atoms in total. The van der Waals surface area contributed by atoms with E-state index in [1.165, 1.54) is 0 Å². The van der Waals surface area contributed by atoms with Gasteiger partial charge in [-0.3, -0.25) is 4.21 Å². The number of benzene rings is 1. The topological polar surface area (TPSA) is 38.3 Å². The van der Waals surface area contributed by atoms with Crippen LogP contribution in [0.2, 0.25) is 0 Å². The average Bonchev–Trinajstić information content (AvgIpc) is 2.45. The Labute approximate surface area is 111 Å². The summed E-state index contributed by atoms with van der Waals surface area (Å²) in [4.78, 5) is 0.899. The summed E-state index contributed by atoms with van der Waals surface area (Å²) >= 11 is 0. The Balaban J connectivity index is 2.06. The first kappa shape index (κ1) is 13.7. The van der Waals surface area contributed by atoms with Gasteiger partial charge in [-0.05, 0) is 31.5 Å². The molecule has 0 saturated carbocycles. The third kappa shape index (κ3) is 3.40. The Kier molecular flexibility index (Phi) is 5.35. The van der Waals surface area contributed by atoms with Crippen molar-refractivity contribution >= 4 is 10.8 Å². The molecule has 1 N–H and O–H groups in total. The summed E-state index contributed by atoms with van der Waals surface area (Å²) in [5.74, 6) is 0. The first-order valence-electron chi connectivity index (χ1n) is 6.59. The van der Waals surface area contributed by atoms with Gasteiger partial charge in [0.1, 0.15) is 0 Å². The van der Waals surface area contributed by atoms with Gasteiger partial charge in [0.25, 0.3) is 0 Å². The molecule has 2 rings (SSSR count). The highest BCUT2D eigenvalue weighted by molar-refractivity contribution is 7.85. The standard InChI is InChI=1S/C14H21NO2S/c1-2-9-15-13-8-10-17-11-14(13)18(16)12-6-4-3-5-7-12/h3-7,13-15H,2,8-11H2,1H3. The fourth-order valence-corrected chi connectivity index (χ4v) is 3.74. The van der Waals surface area contributed by atoms with E-state index in [0.717, 1.165) is 30.9 Å². The number of ether oxygens (including phenoxy) is 1. The van der Waals surface area contributed by atoms with Crippen LogP contribution < -0.4 is 5.32 Å². The summed E-state index contributed by atoms with van der Waals surface area (Å²) < 4.78 is 18.1. The summed E-state index contributed by atoms with van der Waals surface area (Å²) in [5.41, 5.74) is 0. The highest BCUT2D eigenvalue weighted by atomic mass is 32.2. The molecule has 0 amide bonds. The second-order valence-electron chi connectivity index (χ2n) is 4.57. The van der Waals surface area contributed by atoms with Gasteiger partial charge in [0.05, 0.1) is 22.7 Å². The maximum absolute atomic E-state index is 12.6. The van der Waals surface area contributed by atoms with Gasteiger partial charge in [-0.2, -0.15) is 0 Å². The predicted molar refractivity (Wildman–Crippen MR) is 74.2 cm³/mol. The lowest BCUT2D eigenvalue weighted by atomic mass is 10.1. The Morgan fingerprint density at radius 3 is 2.89 bits per heavy atom. The van der Waals surface area contributed by atoms with E-state index in [4.69, 9.17) is 4.74 Å². The molecule has 0 aliphatic carbocycles. The van der Waals surface area contributed by atoms with Crippen LogP contribution in [-0.4, -0.2) is 35.3 Å². The number of rotatable bonds is 5. The molecule has 18 heavy (non-hydrogen) atoms. The molecule has 100 valence electrons. The number of nitrogens with one attached hydrogen (secondary N) is 1. The van der Waals surface area contributed by atoms with Crippen molar-refractivity contribution in [1.29, 1.82) is 0 Å². The van der Waals surface area contributed by atoms with Crippen molar-refractivity contribution < 1.29 is 8.95 Å². The minimum Gasteiger partial charge on any atom is -0.380 e. The van der Waals surface area contributed by atoms with E-state index >= 15 is 0 Å². The molecule has 3 unspecified atom stereocenters. The summed E-state index contributed by atoms with van der Waals surface area (Å²) in [5, 5.41) is 3.56. The zero-order valence-corrected chi connectivity index (χ0v) is 11.6. The van der Waals surface area contributed by atoms with Crippen molar-refractivity contribution in [2.75, 3.05) is 19.8 Å². The minimum atomic E-state index is -0.991. The highest BCUT2D eigenvalue weighted by Gasteiger charge is 2.30. The SMILES string of the molecule is CCCNC1CCOCC1S(=O)c1ccccc1.